The first-order valence-electron chi connectivity index (χ1n) is 3.71. The predicted molar refractivity (Wildman–Crippen MR) is 37.3 cm³/mol. The van der Waals surface area contributed by atoms with Crippen molar-refractivity contribution in [1.82, 2.24) is 5.32 Å². The second-order valence-electron chi connectivity index (χ2n) is 2.82. The molecule has 0 aromatic heterocycles. The Morgan fingerprint density at radius 2 is 2.33 bits per heavy atom. The lowest BCUT2D eigenvalue weighted by Crippen LogP contribution is -2.38. The van der Waals surface area contributed by atoms with Crippen molar-refractivity contribution in [3.8, 4) is 0 Å². The molecule has 1 saturated heterocycles. The van der Waals surface area contributed by atoms with Gasteiger partial charge in [-0.15, -0.1) is 0 Å². The van der Waals surface area contributed by atoms with Crippen molar-refractivity contribution >= 4 is 0 Å². The summed E-state index contributed by atoms with van der Waals surface area (Å²) in [6.45, 7) is 4.05. The van der Waals surface area contributed by atoms with Crippen molar-refractivity contribution in [1.29, 1.82) is 0 Å². The molecular weight excluding hydrogens is 114 g/mol. The zero-order chi connectivity index (χ0) is 6.69. The molecule has 1 fully saturated rings. The molecular formula is C7H15NO. The van der Waals surface area contributed by atoms with Gasteiger partial charge in [0.25, 0.3) is 0 Å². The second-order valence-corrected chi connectivity index (χ2v) is 2.82. The van der Waals surface area contributed by atoms with Crippen LogP contribution in [0.1, 0.15) is 19.8 Å². The van der Waals surface area contributed by atoms with Crippen LogP contribution in [0.15, 0.2) is 0 Å². The van der Waals surface area contributed by atoms with Crippen LogP contribution >= 0.6 is 0 Å². The van der Waals surface area contributed by atoms with Crippen LogP contribution in [0.5, 0.6) is 0 Å². The van der Waals surface area contributed by atoms with Crippen LogP contribution < -0.4 is 5.32 Å². The summed E-state index contributed by atoms with van der Waals surface area (Å²) in [5, 5.41) is 12.3. The highest BCUT2D eigenvalue weighted by atomic mass is 16.3. The van der Waals surface area contributed by atoms with Crippen LogP contribution in [0.2, 0.25) is 0 Å². The number of β-amino-alcohol motifs (C(OH)–C–C–N with tert-alkyl or cyclic N) is 1. The zero-order valence-corrected chi connectivity index (χ0v) is 5.93. The van der Waals surface area contributed by atoms with Gasteiger partial charge in [-0.25, -0.2) is 0 Å². The first-order chi connectivity index (χ1) is 4.33. The van der Waals surface area contributed by atoms with Crippen LogP contribution in [0.4, 0.5) is 0 Å². The molecule has 0 aromatic carbocycles. The van der Waals surface area contributed by atoms with E-state index in [0.717, 1.165) is 19.5 Å². The summed E-state index contributed by atoms with van der Waals surface area (Å²) in [6, 6.07) is 0. The number of aliphatic hydroxyl groups is 1. The van der Waals surface area contributed by atoms with Crippen molar-refractivity contribution < 1.29 is 5.11 Å². The fraction of sp³-hybridized carbons (Fsp3) is 1.00. The van der Waals surface area contributed by atoms with E-state index in [9.17, 15) is 0 Å². The highest BCUT2D eigenvalue weighted by Gasteiger charge is 2.17. The lowest BCUT2D eigenvalue weighted by Gasteiger charge is -2.25. The van der Waals surface area contributed by atoms with E-state index in [1.165, 1.54) is 6.42 Å². The Hall–Kier alpha value is -0.0800. The normalized spacial score (nSPS) is 36.7. The summed E-state index contributed by atoms with van der Waals surface area (Å²) in [4.78, 5) is 0. The minimum absolute atomic E-state index is 0.0938. The molecule has 1 aliphatic heterocycles. The van der Waals surface area contributed by atoms with Gasteiger partial charge in [-0.1, -0.05) is 13.3 Å². The molecule has 9 heavy (non-hydrogen) atoms. The summed E-state index contributed by atoms with van der Waals surface area (Å²) in [5.41, 5.74) is 0. The Morgan fingerprint density at radius 3 is 2.78 bits per heavy atom. The molecule has 0 aromatic rings. The SMILES string of the molecule is CC[C@H]1CNC[C@@H](O)C1. The van der Waals surface area contributed by atoms with Gasteiger partial charge in [0.2, 0.25) is 0 Å². The molecule has 2 N–H and O–H groups in total. The Morgan fingerprint density at radius 1 is 1.56 bits per heavy atom. The summed E-state index contributed by atoms with van der Waals surface area (Å²) >= 11 is 0. The summed E-state index contributed by atoms with van der Waals surface area (Å²) < 4.78 is 0. The topological polar surface area (TPSA) is 32.3 Å². The van der Waals surface area contributed by atoms with Crippen LogP contribution in [0.3, 0.4) is 0 Å². The third-order valence-corrected chi connectivity index (χ3v) is 2.00. The van der Waals surface area contributed by atoms with Gasteiger partial charge in [-0.2, -0.15) is 0 Å². The lowest BCUT2D eigenvalue weighted by molar-refractivity contribution is 0.113. The molecule has 1 rings (SSSR count). The maximum absolute atomic E-state index is 9.15. The molecule has 0 radical (unpaired) electrons. The second kappa shape index (κ2) is 3.18. The van der Waals surface area contributed by atoms with Crippen LogP contribution in [0, 0.1) is 5.92 Å². The molecule has 0 amide bonds. The lowest BCUT2D eigenvalue weighted by atomic mass is 9.95. The predicted octanol–water partition coefficient (Wildman–Crippen LogP) is 0.367. The highest BCUT2D eigenvalue weighted by Crippen LogP contribution is 2.12. The zero-order valence-electron chi connectivity index (χ0n) is 5.93. The standard InChI is InChI=1S/C7H15NO/c1-2-6-3-7(9)5-8-4-6/h6-9H,2-5H2,1H3/t6-,7+/m1/s1. The number of hydrogen-bond donors (Lipinski definition) is 2. The summed E-state index contributed by atoms with van der Waals surface area (Å²) in [6.07, 6.45) is 2.08. The van der Waals surface area contributed by atoms with E-state index in [-0.39, 0.29) is 6.10 Å². The fourth-order valence-electron chi connectivity index (χ4n) is 1.32. The number of hydrogen-bond acceptors (Lipinski definition) is 2. The van der Waals surface area contributed by atoms with Crippen molar-refractivity contribution in [2.45, 2.75) is 25.9 Å². The van der Waals surface area contributed by atoms with Crippen molar-refractivity contribution in [2.24, 2.45) is 5.92 Å². The quantitative estimate of drug-likeness (QED) is 0.536. The van der Waals surface area contributed by atoms with Gasteiger partial charge in [0, 0.05) is 6.54 Å². The number of rotatable bonds is 1. The largest absolute Gasteiger partial charge is 0.392 e. The van der Waals surface area contributed by atoms with Crippen LogP contribution in [0.25, 0.3) is 0 Å². The van der Waals surface area contributed by atoms with E-state index >= 15 is 0 Å². The molecule has 2 nitrogen and oxygen atoms in total. The van der Waals surface area contributed by atoms with E-state index < -0.39 is 0 Å². The monoisotopic (exact) mass is 129 g/mol. The molecule has 2 atom stereocenters. The van der Waals surface area contributed by atoms with E-state index in [1.807, 2.05) is 0 Å². The molecule has 0 unspecified atom stereocenters. The molecule has 0 aliphatic carbocycles. The fourth-order valence-corrected chi connectivity index (χ4v) is 1.32. The van der Waals surface area contributed by atoms with E-state index in [2.05, 4.69) is 12.2 Å². The van der Waals surface area contributed by atoms with Gasteiger partial charge in [0.15, 0.2) is 0 Å². The third-order valence-electron chi connectivity index (χ3n) is 2.00. The van der Waals surface area contributed by atoms with Gasteiger partial charge in [0.05, 0.1) is 6.10 Å². The smallest absolute Gasteiger partial charge is 0.0667 e. The van der Waals surface area contributed by atoms with E-state index in [0.29, 0.717) is 5.92 Å². The number of aliphatic hydroxyl groups excluding tert-OH is 1. The molecule has 0 spiro atoms. The van der Waals surface area contributed by atoms with E-state index in [4.69, 9.17) is 5.11 Å². The molecule has 0 bridgehead atoms. The highest BCUT2D eigenvalue weighted by molar-refractivity contribution is 4.73. The average Bonchev–Trinajstić information content (AvgIpc) is 1.88. The van der Waals surface area contributed by atoms with Crippen LogP contribution in [-0.2, 0) is 0 Å². The van der Waals surface area contributed by atoms with Crippen LogP contribution in [-0.4, -0.2) is 24.3 Å². The summed E-state index contributed by atoms with van der Waals surface area (Å²) in [7, 11) is 0. The first-order valence-corrected chi connectivity index (χ1v) is 3.71. The third kappa shape index (κ3) is 1.95. The number of nitrogens with one attached hydrogen (secondary N) is 1. The van der Waals surface area contributed by atoms with Gasteiger partial charge >= 0.3 is 0 Å². The van der Waals surface area contributed by atoms with Crippen molar-refractivity contribution in [3.05, 3.63) is 0 Å². The van der Waals surface area contributed by atoms with Gasteiger partial charge in [-0.3, -0.25) is 0 Å². The maximum atomic E-state index is 9.15. The van der Waals surface area contributed by atoms with Gasteiger partial charge in [-0.05, 0) is 18.9 Å². The Balaban J connectivity index is 2.23. The first kappa shape index (κ1) is 7.03. The Labute approximate surface area is 56.3 Å². The minimum Gasteiger partial charge on any atom is -0.392 e. The van der Waals surface area contributed by atoms with Gasteiger partial charge in [0.1, 0.15) is 0 Å². The Bertz CT molecular complexity index is 85.0. The van der Waals surface area contributed by atoms with Crippen molar-refractivity contribution in [3.63, 3.8) is 0 Å². The maximum Gasteiger partial charge on any atom is 0.0667 e. The van der Waals surface area contributed by atoms with Gasteiger partial charge < -0.3 is 10.4 Å². The summed E-state index contributed by atoms with van der Waals surface area (Å²) in [5.74, 6) is 0.703. The Kier molecular flexibility index (Phi) is 2.49. The molecule has 0 saturated carbocycles. The molecule has 54 valence electrons. The minimum atomic E-state index is -0.0938. The number of piperidine rings is 1. The van der Waals surface area contributed by atoms with E-state index in [1.54, 1.807) is 0 Å². The molecule has 1 aliphatic rings. The average molecular weight is 129 g/mol. The molecule has 1 heterocycles. The molecule has 2 heteroatoms. The van der Waals surface area contributed by atoms with Crippen molar-refractivity contribution in [2.75, 3.05) is 13.1 Å².